The zero-order chi connectivity index (χ0) is 17.9. The molecule has 2 heterocycles. The molecule has 3 rings (SSSR count). The van der Waals surface area contributed by atoms with Crippen molar-refractivity contribution in [1.82, 2.24) is 10.2 Å². The summed E-state index contributed by atoms with van der Waals surface area (Å²) in [5.74, 6) is -0.564. The quantitative estimate of drug-likeness (QED) is 0.898. The summed E-state index contributed by atoms with van der Waals surface area (Å²) in [5.41, 5.74) is 0.799. The number of likely N-dealkylation sites (tertiary alicyclic amines) is 1. The van der Waals surface area contributed by atoms with Gasteiger partial charge < -0.3 is 15.0 Å². The molecule has 0 aliphatic carbocycles. The van der Waals surface area contributed by atoms with Crippen LogP contribution in [-0.2, 0) is 0 Å². The molecule has 0 spiro atoms. The molecule has 7 heteroatoms. The average Bonchev–Trinajstić information content (AvgIpc) is 2.61. The van der Waals surface area contributed by atoms with Crippen molar-refractivity contribution >= 4 is 5.91 Å². The topological polar surface area (TPSA) is 41.6 Å². The van der Waals surface area contributed by atoms with Gasteiger partial charge in [-0.25, -0.2) is 0 Å². The normalized spacial score (nSPS) is 19.7. The van der Waals surface area contributed by atoms with E-state index in [-0.39, 0.29) is 23.1 Å². The number of rotatable bonds is 3. The highest BCUT2D eigenvalue weighted by molar-refractivity contribution is 5.97. The highest BCUT2D eigenvalue weighted by Gasteiger charge is 2.34. The summed E-state index contributed by atoms with van der Waals surface area (Å²) < 4.78 is 42.7. The molecule has 1 N–H and O–H groups in total. The fourth-order valence-corrected chi connectivity index (χ4v) is 3.60. The van der Waals surface area contributed by atoms with Crippen LogP contribution in [0.1, 0.15) is 53.9 Å². The van der Waals surface area contributed by atoms with E-state index >= 15 is 0 Å². The van der Waals surface area contributed by atoms with Crippen LogP contribution in [0.25, 0.3) is 0 Å². The number of carbonyl (C=O) groups excluding carboxylic acids is 1. The Morgan fingerprint density at radius 2 is 1.80 bits per heavy atom. The summed E-state index contributed by atoms with van der Waals surface area (Å²) >= 11 is 0. The molecular weight excluding hydrogens is 333 g/mol. The van der Waals surface area contributed by atoms with Crippen LogP contribution in [0.3, 0.4) is 0 Å². The van der Waals surface area contributed by atoms with E-state index < -0.39 is 6.36 Å². The van der Waals surface area contributed by atoms with Crippen molar-refractivity contribution in [2.24, 2.45) is 0 Å². The van der Waals surface area contributed by atoms with Crippen LogP contribution in [0.4, 0.5) is 13.2 Å². The lowest BCUT2D eigenvalue weighted by Gasteiger charge is -2.28. The number of piperidine rings is 2. The molecule has 0 saturated carbocycles. The van der Waals surface area contributed by atoms with E-state index in [9.17, 15) is 18.0 Å². The predicted octanol–water partition coefficient (Wildman–Crippen LogP) is 3.68. The van der Waals surface area contributed by atoms with Crippen molar-refractivity contribution in [2.75, 3.05) is 26.2 Å². The van der Waals surface area contributed by atoms with Gasteiger partial charge in [-0.2, -0.15) is 0 Å². The number of ether oxygens (including phenoxy) is 1. The van der Waals surface area contributed by atoms with Crippen LogP contribution in [0.15, 0.2) is 18.2 Å². The first-order valence-electron chi connectivity index (χ1n) is 8.84. The number of nitrogens with one attached hydrogen (secondary N) is 1. The van der Waals surface area contributed by atoms with Crippen molar-refractivity contribution in [1.29, 1.82) is 0 Å². The van der Waals surface area contributed by atoms with Crippen LogP contribution in [0, 0.1) is 0 Å². The first-order chi connectivity index (χ1) is 11.9. The molecule has 4 nitrogen and oxygen atoms in total. The minimum atomic E-state index is -4.82. The summed E-state index contributed by atoms with van der Waals surface area (Å²) in [4.78, 5) is 14.3. The fourth-order valence-electron chi connectivity index (χ4n) is 3.60. The summed E-state index contributed by atoms with van der Waals surface area (Å²) in [5, 5.41) is 3.24. The van der Waals surface area contributed by atoms with Crippen molar-refractivity contribution in [3.05, 3.63) is 29.3 Å². The van der Waals surface area contributed by atoms with E-state index in [1.165, 1.54) is 12.1 Å². The van der Waals surface area contributed by atoms with E-state index in [1.807, 2.05) is 0 Å². The van der Waals surface area contributed by atoms with Crippen LogP contribution >= 0.6 is 0 Å². The van der Waals surface area contributed by atoms with Crippen LogP contribution in [0.5, 0.6) is 5.75 Å². The van der Waals surface area contributed by atoms with Gasteiger partial charge >= 0.3 is 6.36 Å². The van der Waals surface area contributed by atoms with Gasteiger partial charge in [0.15, 0.2) is 0 Å². The highest BCUT2D eigenvalue weighted by Crippen LogP contribution is 2.33. The summed E-state index contributed by atoms with van der Waals surface area (Å²) in [6, 6.07) is 4.67. The molecule has 0 radical (unpaired) electrons. The molecule has 1 amide bonds. The van der Waals surface area contributed by atoms with E-state index in [0.717, 1.165) is 50.8 Å². The number of hydrogen-bond acceptors (Lipinski definition) is 3. The van der Waals surface area contributed by atoms with Gasteiger partial charge in [0.2, 0.25) is 0 Å². The maximum Gasteiger partial charge on any atom is 0.573 e. The Bertz CT molecular complexity index is 607. The second kappa shape index (κ2) is 7.64. The first-order valence-corrected chi connectivity index (χ1v) is 8.84. The number of nitrogens with zero attached hydrogens (tertiary/aromatic N) is 1. The van der Waals surface area contributed by atoms with Gasteiger partial charge in [-0.1, -0.05) is 6.07 Å². The molecule has 0 bridgehead atoms. The van der Waals surface area contributed by atoms with Gasteiger partial charge in [0.05, 0.1) is 5.56 Å². The SMILES string of the molecule is O=C(c1ccc(C2CCNCC2)cc1OC(F)(F)F)N1CCCCC1. The molecule has 2 fully saturated rings. The molecule has 0 aromatic heterocycles. The van der Waals surface area contributed by atoms with E-state index in [2.05, 4.69) is 10.1 Å². The first kappa shape index (κ1) is 18.0. The van der Waals surface area contributed by atoms with Gasteiger partial charge in [0.1, 0.15) is 5.75 Å². The van der Waals surface area contributed by atoms with Gasteiger partial charge in [-0.3, -0.25) is 4.79 Å². The Hall–Kier alpha value is -1.76. The molecule has 1 aromatic carbocycles. The summed E-state index contributed by atoms with van der Waals surface area (Å²) in [7, 11) is 0. The maximum absolute atomic E-state index is 12.8. The number of hydrogen-bond donors (Lipinski definition) is 1. The lowest BCUT2D eigenvalue weighted by molar-refractivity contribution is -0.274. The summed E-state index contributed by atoms with van der Waals surface area (Å²) in [6.07, 6.45) is -0.271. The third-order valence-corrected chi connectivity index (χ3v) is 4.92. The standard InChI is InChI=1S/C18H23F3N2O2/c19-18(20,21)25-16-12-14(13-6-8-22-9-7-13)4-5-15(16)17(24)23-10-2-1-3-11-23/h4-5,12-13,22H,1-3,6-11H2. The number of benzene rings is 1. The zero-order valence-corrected chi connectivity index (χ0v) is 14.1. The maximum atomic E-state index is 12.8. The lowest BCUT2D eigenvalue weighted by atomic mass is 9.89. The molecule has 138 valence electrons. The minimum absolute atomic E-state index is 0.00286. The highest BCUT2D eigenvalue weighted by atomic mass is 19.4. The second-order valence-corrected chi connectivity index (χ2v) is 6.68. The van der Waals surface area contributed by atoms with Crippen molar-refractivity contribution in [3.8, 4) is 5.75 Å². The van der Waals surface area contributed by atoms with Gasteiger partial charge in [0, 0.05) is 13.1 Å². The van der Waals surface area contributed by atoms with Crippen LogP contribution in [-0.4, -0.2) is 43.3 Å². The lowest BCUT2D eigenvalue weighted by Crippen LogP contribution is -2.36. The average molecular weight is 356 g/mol. The monoisotopic (exact) mass is 356 g/mol. The second-order valence-electron chi connectivity index (χ2n) is 6.68. The number of alkyl halides is 3. The Balaban J connectivity index is 1.88. The molecule has 2 saturated heterocycles. The van der Waals surface area contributed by atoms with Gasteiger partial charge in [-0.05, 0) is 68.8 Å². The van der Waals surface area contributed by atoms with Crippen LogP contribution in [0.2, 0.25) is 0 Å². The van der Waals surface area contributed by atoms with E-state index in [0.29, 0.717) is 13.1 Å². The Morgan fingerprint density at radius 1 is 1.12 bits per heavy atom. The van der Waals surface area contributed by atoms with E-state index in [4.69, 9.17) is 0 Å². The number of amides is 1. The molecule has 0 unspecified atom stereocenters. The van der Waals surface area contributed by atoms with Gasteiger partial charge in [0.25, 0.3) is 5.91 Å². The third kappa shape index (κ3) is 4.66. The molecular formula is C18H23F3N2O2. The van der Waals surface area contributed by atoms with E-state index in [1.54, 1.807) is 11.0 Å². The number of carbonyl (C=O) groups is 1. The molecule has 2 aliphatic rings. The zero-order valence-electron chi connectivity index (χ0n) is 14.1. The van der Waals surface area contributed by atoms with Crippen molar-refractivity contribution in [2.45, 2.75) is 44.4 Å². The minimum Gasteiger partial charge on any atom is -0.405 e. The Labute approximate surface area is 145 Å². The molecule has 2 aliphatic heterocycles. The Kier molecular flexibility index (Phi) is 5.51. The summed E-state index contributed by atoms with van der Waals surface area (Å²) in [6.45, 7) is 2.85. The smallest absolute Gasteiger partial charge is 0.405 e. The number of halogens is 3. The molecule has 1 aromatic rings. The van der Waals surface area contributed by atoms with Gasteiger partial charge in [-0.15, -0.1) is 13.2 Å². The molecule has 0 atom stereocenters. The van der Waals surface area contributed by atoms with Crippen molar-refractivity contribution in [3.63, 3.8) is 0 Å². The fraction of sp³-hybridized carbons (Fsp3) is 0.611. The van der Waals surface area contributed by atoms with Crippen LogP contribution < -0.4 is 10.1 Å². The predicted molar refractivity (Wildman–Crippen MR) is 87.7 cm³/mol. The Morgan fingerprint density at radius 3 is 2.44 bits per heavy atom. The van der Waals surface area contributed by atoms with Crippen molar-refractivity contribution < 1.29 is 22.7 Å². The third-order valence-electron chi connectivity index (χ3n) is 4.92. The molecule has 25 heavy (non-hydrogen) atoms. The largest absolute Gasteiger partial charge is 0.573 e.